The highest BCUT2D eigenvalue weighted by atomic mass is 32.1. The summed E-state index contributed by atoms with van der Waals surface area (Å²) < 4.78 is 29.7. The molecule has 1 atom stereocenters. The van der Waals surface area contributed by atoms with E-state index in [1.165, 1.54) is 16.2 Å². The number of unbranched alkanes of at least 4 members (excludes halogenated alkanes) is 1. The summed E-state index contributed by atoms with van der Waals surface area (Å²) in [6, 6.07) is 14.7. The SMILES string of the molecule is CCCCOc1ccc([C@@H]2/C(=C(\O)c3ccc4c(c3)OCCO4)C(=O)C(=O)N2c2nc3ccc(OCC)cc3s2)cc1OCC. The lowest BCUT2D eigenvalue weighted by Gasteiger charge is -2.24. The van der Waals surface area contributed by atoms with Gasteiger partial charge in [-0.25, -0.2) is 4.98 Å². The molecule has 2 aliphatic rings. The Morgan fingerprint density at radius 2 is 1.73 bits per heavy atom. The smallest absolute Gasteiger partial charge is 0.301 e. The molecule has 234 valence electrons. The molecule has 0 bridgehead atoms. The third-order valence-electron chi connectivity index (χ3n) is 7.46. The summed E-state index contributed by atoms with van der Waals surface area (Å²) in [7, 11) is 0. The van der Waals surface area contributed by atoms with Crippen molar-refractivity contribution in [1.82, 2.24) is 4.98 Å². The molecule has 1 amide bonds. The highest BCUT2D eigenvalue weighted by molar-refractivity contribution is 7.22. The third-order valence-corrected chi connectivity index (χ3v) is 8.48. The maximum absolute atomic E-state index is 13.8. The van der Waals surface area contributed by atoms with Crippen LogP contribution in [0.5, 0.6) is 28.7 Å². The molecule has 0 spiro atoms. The number of anilines is 1. The van der Waals surface area contributed by atoms with E-state index in [0.29, 0.717) is 83.6 Å². The van der Waals surface area contributed by atoms with Crippen LogP contribution in [0.3, 0.4) is 0 Å². The van der Waals surface area contributed by atoms with Crippen LogP contribution in [-0.2, 0) is 9.59 Å². The van der Waals surface area contributed by atoms with Gasteiger partial charge in [0.25, 0.3) is 5.78 Å². The number of hydrogen-bond acceptors (Lipinski definition) is 10. The highest BCUT2D eigenvalue weighted by Crippen LogP contribution is 2.47. The average molecular weight is 631 g/mol. The van der Waals surface area contributed by atoms with E-state index in [4.69, 9.17) is 28.7 Å². The first-order chi connectivity index (χ1) is 21.9. The second kappa shape index (κ2) is 13.1. The Balaban J connectivity index is 1.50. The third kappa shape index (κ3) is 5.87. The fraction of sp³-hybridized carbons (Fsp3) is 0.324. The van der Waals surface area contributed by atoms with Gasteiger partial charge in [-0.15, -0.1) is 0 Å². The number of ketones is 1. The zero-order chi connectivity index (χ0) is 31.5. The number of carbonyl (C=O) groups excluding carboxylic acids is 2. The van der Waals surface area contributed by atoms with Crippen LogP contribution in [0.25, 0.3) is 16.0 Å². The maximum Gasteiger partial charge on any atom is 0.301 e. The number of rotatable bonds is 11. The van der Waals surface area contributed by atoms with Gasteiger partial charge in [0.2, 0.25) is 0 Å². The predicted molar refractivity (Wildman–Crippen MR) is 171 cm³/mol. The molecule has 2 aliphatic heterocycles. The van der Waals surface area contributed by atoms with Crippen LogP contribution in [-0.4, -0.2) is 54.8 Å². The number of aliphatic hydroxyl groups excluding tert-OH is 1. The molecule has 4 aromatic rings. The molecule has 11 heteroatoms. The second-order valence-electron chi connectivity index (χ2n) is 10.4. The van der Waals surface area contributed by atoms with Gasteiger partial charge in [0.1, 0.15) is 24.7 Å². The average Bonchev–Trinajstić information content (AvgIpc) is 3.58. The first-order valence-electron chi connectivity index (χ1n) is 15.1. The number of hydrogen-bond donors (Lipinski definition) is 1. The number of ether oxygens (including phenoxy) is 5. The van der Waals surface area contributed by atoms with E-state index >= 15 is 0 Å². The fourth-order valence-electron chi connectivity index (χ4n) is 5.35. The molecule has 1 saturated heterocycles. The Morgan fingerprint density at radius 1 is 0.933 bits per heavy atom. The number of nitrogens with zero attached hydrogens (tertiary/aromatic N) is 2. The van der Waals surface area contributed by atoms with Gasteiger partial charge in [-0.2, -0.15) is 0 Å². The summed E-state index contributed by atoms with van der Waals surface area (Å²) in [6.07, 6.45) is 1.86. The number of aliphatic hydroxyl groups is 1. The summed E-state index contributed by atoms with van der Waals surface area (Å²) in [4.78, 5) is 33.7. The van der Waals surface area contributed by atoms with E-state index in [2.05, 4.69) is 6.92 Å². The van der Waals surface area contributed by atoms with Gasteiger partial charge in [-0.3, -0.25) is 14.5 Å². The van der Waals surface area contributed by atoms with Crippen molar-refractivity contribution in [2.24, 2.45) is 0 Å². The molecular formula is C34H34N2O8S. The van der Waals surface area contributed by atoms with E-state index in [0.717, 1.165) is 17.5 Å². The lowest BCUT2D eigenvalue weighted by Crippen LogP contribution is -2.29. The highest BCUT2D eigenvalue weighted by Gasteiger charge is 2.48. The van der Waals surface area contributed by atoms with Gasteiger partial charge >= 0.3 is 5.91 Å². The molecule has 0 radical (unpaired) electrons. The van der Waals surface area contributed by atoms with Crippen LogP contribution in [0, 0.1) is 0 Å². The predicted octanol–water partition coefficient (Wildman–Crippen LogP) is 6.67. The summed E-state index contributed by atoms with van der Waals surface area (Å²) in [6.45, 7) is 8.04. The van der Waals surface area contributed by atoms with E-state index in [-0.39, 0.29) is 11.3 Å². The lowest BCUT2D eigenvalue weighted by atomic mass is 9.95. The molecule has 1 fully saturated rings. The zero-order valence-corrected chi connectivity index (χ0v) is 26.1. The molecular weight excluding hydrogens is 596 g/mol. The first-order valence-corrected chi connectivity index (χ1v) is 15.9. The van der Waals surface area contributed by atoms with E-state index < -0.39 is 17.7 Å². The van der Waals surface area contributed by atoms with Gasteiger partial charge in [0, 0.05) is 5.56 Å². The Hall–Kier alpha value is -4.77. The van der Waals surface area contributed by atoms with Crippen LogP contribution >= 0.6 is 11.3 Å². The van der Waals surface area contributed by atoms with Crippen molar-refractivity contribution < 1.29 is 38.4 Å². The van der Waals surface area contributed by atoms with Crippen molar-refractivity contribution in [3.63, 3.8) is 0 Å². The molecule has 1 aromatic heterocycles. The Labute approximate surface area is 264 Å². The first kappa shape index (κ1) is 30.3. The molecule has 3 heterocycles. The Bertz CT molecular complexity index is 1780. The van der Waals surface area contributed by atoms with Crippen molar-refractivity contribution in [3.8, 4) is 28.7 Å². The van der Waals surface area contributed by atoms with Crippen LogP contribution in [0.2, 0.25) is 0 Å². The van der Waals surface area contributed by atoms with Crippen molar-refractivity contribution in [2.45, 2.75) is 39.7 Å². The van der Waals surface area contributed by atoms with Crippen LogP contribution < -0.4 is 28.6 Å². The van der Waals surface area contributed by atoms with E-state index in [1.807, 2.05) is 32.0 Å². The summed E-state index contributed by atoms with van der Waals surface area (Å²) in [5, 5.41) is 12.0. The maximum atomic E-state index is 13.8. The molecule has 0 unspecified atom stereocenters. The van der Waals surface area contributed by atoms with Gasteiger partial charge < -0.3 is 28.8 Å². The summed E-state index contributed by atoms with van der Waals surface area (Å²) >= 11 is 1.26. The quantitative estimate of drug-likeness (QED) is 0.0839. The molecule has 6 rings (SSSR count). The zero-order valence-electron chi connectivity index (χ0n) is 25.3. The summed E-state index contributed by atoms with van der Waals surface area (Å²) in [5.74, 6) is 0.724. The van der Waals surface area contributed by atoms with Crippen LogP contribution in [0.4, 0.5) is 5.13 Å². The van der Waals surface area contributed by atoms with Crippen LogP contribution in [0.15, 0.2) is 60.2 Å². The van der Waals surface area contributed by atoms with Crippen molar-refractivity contribution in [3.05, 3.63) is 71.3 Å². The van der Waals surface area contributed by atoms with Gasteiger partial charge in [-0.05, 0) is 74.4 Å². The molecule has 0 aliphatic carbocycles. The number of fused-ring (bicyclic) bond motifs is 2. The summed E-state index contributed by atoms with van der Waals surface area (Å²) in [5.41, 5.74) is 1.44. The Kier molecular flexibility index (Phi) is 8.79. The second-order valence-corrected chi connectivity index (χ2v) is 11.4. The normalized spacial score (nSPS) is 17.1. The number of thiazole rings is 1. The van der Waals surface area contributed by atoms with Gasteiger partial charge in [0.05, 0.1) is 41.7 Å². The number of Topliss-reactive ketones (excluding diaryl/α,β-unsaturated/α-hetero) is 1. The molecule has 1 N–H and O–H groups in total. The molecule has 3 aromatic carbocycles. The molecule has 45 heavy (non-hydrogen) atoms. The van der Waals surface area contributed by atoms with Gasteiger partial charge in [-0.1, -0.05) is 30.7 Å². The van der Waals surface area contributed by atoms with Gasteiger partial charge in [0.15, 0.2) is 28.1 Å². The minimum Gasteiger partial charge on any atom is -0.507 e. The van der Waals surface area contributed by atoms with Crippen molar-refractivity contribution >= 4 is 44.1 Å². The van der Waals surface area contributed by atoms with E-state index in [9.17, 15) is 14.7 Å². The number of benzene rings is 3. The largest absolute Gasteiger partial charge is 0.507 e. The standard InChI is InChI=1S/C34H34N2O8S/c1-4-7-14-42-24-12-8-20(17-26(24)41-6-3)30-29(31(37)21-9-13-25-27(18-21)44-16-15-43-25)32(38)33(39)36(30)34-35-23-11-10-22(40-5-2)19-28(23)45-34/h8-13,17-19,30,37H,4-7,14-16H2,1-3H3/b31-29+/t30-/m1/s1. The fourth-order valence-corrected chi connectivity index (χ4v) is 6.37. The van der Waals surface area contributed by atoms with Crippen LogP contribution in [0.1, 0.15) is 50.8 Å². The topological polar surface area (TPSA) is 117 Å². The number of amides is 1. The molecule has 0 saturated carbocycles. The lowest BCUT2D eigenvalue weighted by molar-refractivity contribution is -0.132. The Morgan fingerprint density at radius 3 is 2.51 bits per heavy atom. The minimum absolute atomic E-state index is 0.0759. The van der Waals surface area contributed by atoms with Crippen molar-refractivity contribution in [2.75, 3.05) is 37.9 Å². The van der Waals surface area contributed by atoms with Crippen molar-refractivity contribution in [1.29, 1.82) is 0 Å². The number of carbonyl (C=O) groups is 2. The minimum atomic E-state index is -1.01. The monoisotopic (exact) mass is 630 g/mol. The molecule has 10 nitrogen and oxygen atoms in total. The number of aromatic nitrogens is 1. The van der Waals surface area contributed by atoms with E-state index in [1.54, 1.807) is 36.4 Å².